The number of benzene rings is 1. The molecule has 1 aromatic rings. The zero-order valence-corrected chi connectivity index (χ0v) is 16.2. The van der Waals surface area contributed by atoms with Crippen LogP contribution in [0.1, 0.15) is 50.5 Å². The first-order chi connectivity index (χ1) is 13.1. The van der Waals surface area contributed by atoms with Crippen molar-refractivity contribution in [3.8, 4) is 0 Å². The molecule has 1 aromatic carbocycles. The molecular formula is C22H30N2O3. The summed E-state index contributed by atoms with van der Waals surface area (Å²) >= 11 is 0. The highest BCUT2D eigenvalue weighted by Crippen LogP contribution is 2.50. The average Bonchev–Trinajstić information content (AvgIpc) is 3.41. The summed E-state index contributed by atoms with van der Waals surface area (Å²) in [6, 6.07) is 10.4. The molecule has 5 heteroatoms. The third-order valence-corrected chi connectivity index (χ3v) is 7.04. The van der Waals surface area contributed by atoms with E-state index < -0.39 is 0 Å². The lowest BCUT2D eigenvalue weighted by Gasteiger charge is -2.46. The summed E-state index contributed by atoms with van der Waals surface area (Å²) in [6.45, 7) is 1.91. The van der Waals surface area contributed by atoms with Crippen LogP contribution < -0.4 is 5.32 Å². The zero-order valence-electron chi connectivity index (χ0n) is 16.2. The number of carbonyl (C=O) groups excluding carboxylic acids is 2. The number of likely N-dealkylation sites (tertiary alicyclic amines) is 1. The van der Waals surface area contributed by atoms with E-state index in [1.54, 1.807) is 7.11 Å². The van der Waals surface area contributed by atoms with Crippen molar-refractivity contribution in [2.45, 2.75) is 56.4 Å². The van der Waals surface area contributed by atoms with Crippen molar-refractivity contribution in [1.29, 1.82) is 0 Å². The number of rotatable bonds is 7. The minimum Gasteiger partial charge on any atom is -0.383 e. The lowest BCUT2D eigenvalue weighted by atomic mass is 9.74. The number of methoxy groups -OCH3 is 1. The molecule has 1 aliphatic heterocycles. The summed E-state index contributed by atoms with van der Waals surface area (Å²) in [5.74, 6) is 0.401. The van der Waals surface area contributed by atoms with Gasteiger partial charge in [0, 0.05) is 38.1 Å². The highest BCUT2D eigenvalue weighted by atomic mass is 16.5. The number of ether oxygens (including phenoxy) is 1. The highest BCUT2D eigenvalue weighted by molar-refractivity contribution is 5.91. The molecule has 2 saturated carbocycles. The smallest absolute Gasteiger partial charge is 0.230 e. The molecule has 0 radical (unpaired) electrons. The van der Waals surface area contributed by atoms with Gasteiger partial charge in [-0.3, -0.25) is 9.59 Å². The second kappa shape index (κ2) is 7.27. The first-order valence-corrected chi connectivity index (χ1v) is 10.2. The predicted octanol–water partition coefficient (Wildman–Crippen LogP) is 2.64. The van der Waals surface area contributed by atoms with E-state index in [0.29, 0.717) is 26.1 Å². The van der Waals surface area contributed by atoms with E-state index in [4.69, 9.17) is 4.74 Å². The van der Waals surface area contributed by atoms with Crippen LogP contribution in [0.3, 0.4) is 0 Å². The molecule has 1 N–H and O–H groups in total. The molecule has 0 unspecified atom stereocenters. The number of hydrogen-bond acceptors (Lipinski definition) is 3. The third kappa shape index (κ3) is 3.27. The van der Waals surface area contributed by atoms with Crippen LogP contribution in [0.15, 0.2) is 30.3 Å². The molecule has 1 heterocycles. The Labute approximate surface area is 161 Å². The predicted molar refractivity (Wildman–Crippen MR) is 103 cm³/mol. The minimum absolute atomic E-state index is 0.0318. The van der Waals surface area contributed by atoms with Gasteiger partial charge in [-0.15, -0.1) is 0 Å². The molecular weight excluding hydrogens is 340 g/mol. The second-order valence-corrected chi connectivity index (χ2v) is 8.48. The molecule has 5 nitrogen and oxygen atoms in total. The van der Waals surface area contributed by atoms with Gasteiger partial charge < -0.3 is 15.0 Å². The molecule has 0 aromatic heterocycles. The van der Waals surface area contributed by atoms with E-state index in [9.17, 15) is 9.59 Å². The number of hydrogen-bond donors (Lipinski definition) is 1. The zero-order chi connectivity index (χ0) is 18.9. The minimum atomic E-state index is -0.327. The molecule has 2 aliphatic carbocycles. The average molecular weight is 370 g/mol. The molecule has 27 heavy (non-hydrogen) atoms. The number of carbonyl (C=O) groups is 2. The summed E-state index contributed by atoms with van der Waals surface area (Å²) in [5.41, 5.74) is 0.833. The summed E-state index contributed by atoms with van der Waals surface area (Å²) < 4.78 is 5.21. The first kappa shape index (κ1) is 18.5. The highest BCUT2D eigenvalue weighted by Gasteiger charge is 2.53. The maximum Gasteiger partial charge on any atom is 0.230 e. The number of nitrogens with one attached hydrogen (secondary N) is 1. The number of amides is 2. The van der Waals surface area contributed by atoms with Gasteiger partial charge in [0.1, 0.15) is 0 Å². The van der Waals surface area contributed by atoms with Gasteiger partial charge >= 0.3 is 0 Å². The molecule has 0 bridgehead atoms. The van der Waals surface area contributed by atoms with Crippen molar-refractivity contribution >= 4 is 11.8 Å². The Bertz CT molecular complexity index is 701. The summed E-state index contributed by atoms with van der Waals surface area (Å²) in [5, 5.41) is 3.30. The molecule has 4 rings (SSSR count). The van der Waals surface area contributed by atoms with Crippen molar-refractivity contribution in [3.63, 3.8) is 0 Å². The molecule has 3 fully saturated rings. The Morgan fingerprint density at radius 2 is 2.00 bits per heavy atom. The fourth-order valence-corrected chi connectivity index (χ4v) is 5.29. The quantitative estimate of drug-likeness (QED) is 0.803. The summed E-state index contributed by atoms with van der Waals surface area (Å²) in [4.78, 5) is 27.5. The van der Waals surface area contributed by atoms with Gasteiger partial charge in [0.15, 0.2) is 0 Å². The van der Waals surface area contributed by atoms with Crippen molar-refractivity contribution in [2.75, 3.05) is 26.8 Å². The van der Waals surface area contributed by atoms with Crippen molar-refractivity contribution in [1.82, 2.24) is 10.2 Å². The normalized spacial score (nSPS) is 28.7. The standard InChI is InChI=1S/C22H30N2O3/c1-27-15-14-24-18-8-5-10-21(18,11-9-19(24)25)16-23-20(26)22(12-13-22)17-6-3-2-4-7-17/h2-4,6-7,18H,5,8-16H2,1H3,(H,23,26)/t18-,21+/m1/s1. The monoisotopic (exact) mass is 370 g/mol. The van der Waals surface area contributed by atoms with Gasteiger partial charge in [0.25, 0.3) is 0 Å². The van der Waals surface area contributed by atoms with Gasteiger partial charge in [0.05, 0.1) is 12.0 Å². The van der Waals surface area contributed by atoms with Gasteiger partial charge in [-0.05, 0) is 37.7 Å². The van der Waals surface area contributed by atoms with E-state index in [1.165, 1.54) is 0 Å². The van der Waals surface area contributed by atoms with Crippen LogP contribution >= 0.6 is 0 Å². The van der Waals surface area contributed by atoms with E-state index in [-0.39, 0.29) is 28.7 Å². The Balaban J connectivity index is 1.45. The van der Waals surface area contributed by atoms with Crippen LogP contribution in [0.4, 0.5) is 0 Å². The number of fused-ring (bicyclic) bond motifs is 1. The second-order valence-electron chi connectivity index (χ2n) is 8.48. The first-order valence-electron chi connectivity index (χ1n) is 10.2. The Hall–Kier alpha value is -1.88. The maximum atomic E-state index is 13.1. The summed E-state index contributed by atoms with van der Waals surface area (Å²) in [7, 11) is 1.68. The maximum absolute atomic E-state index is 13.1. The van der Waals surface area contributed by atoms with Gasteiger partial charge in [-0.25, -0.2) is 0 Å². The van der Waals surface area contributed by atoms with Crippen LogP contribution in [0.2, 0.25) is 0 Å². The third-order valence-electron chi connectivity index (χ3n) is 7.04. The fourth-order valence-electron chi connectivity index (χ4n) is 5.29. The molecule has 146 valence electrons. The van der Waals surface area contributed by atoms with Crippen LogP contribution in [-0.2, 0) is 19.7 Å². The molecule has 2 atom stereocenters. The summed E-state index contributed by atoms with van der Waals surface area (Å²) in [6.07, 6.45) is 6.58. The number of nitrogens with zero attached hydrogens (tertiary/aromatic N) is 1. The lowest BCUT2D eigenvalue weighted by molar-refractivity contribution is -0.142. The van der Waals surface area contributed by atoms with Crippen LogP contribution in [0.25, 0.3) is 0 Å². The van der Waals surface area contributed by atoms with Crippen LogP contribution in [0, 0.1) is 5.41 Å². The molecule has 0 spiro atoms. The van der Waals surface area contributed by atoms with Crippen molar-refractivity contribution in [3.05, 3.63) is 35.9 Å². The Morgan fingerprint density at radius 1 is 1.22 bits per heavy atom. The Kier molecular flexibility index (Phi) is 4.97. The van der Waals surface area contributed by atoms with E-state index in [2.05, 4.69) is 17.4 Å². The van der Waals surface area contributed by atoms with E-state index >= 15 is 0 Å². The topological polar surface area (TPSA) is 58.6 Å². The molecule has 3 aliphatic rings. The molecule has 2 amide bonds. The number of piperidine rings is 1. The molecule has 1 saturated heterocycles. The van der Waals surface area contributed by atoms with Crippen LogP contribution in [-0.4, -0.2) is 49.6 Å². The van der Waals surface area contributed by atoms with Crippen molar-refractivity contribution < 1.29 is 14.3 Å². The Morgan fingerprint density at radius 3 is 2.70 bits per heavy atom. The fraction of sp³-hybridized carbons (Fsp3) is 0.636. The van der Waals surface area contributed by atoms with Crippen LogP contribution in [0.5, 0.6) is 0 Å². The van der Waals surface area contributed by atoms with Gasteiger partial charge in [0.2, 0.25) is 11.8 Å². The van der Waals surface area contributed by atoms with Gasteiger partial charge in [-0.1, -0.05) is 36.8 Å². The van der Waals surface area contributed by atoms with Gasteiger partial charge in [-0.2, -0.15) is 0 Å². The van der Waals surface area contributed by atoms with E-state index in [0.717, 1.165) is 44.1 Å². The lowest BCUT2D eigenvalue weighted by Crippen LogP contribution is -2.57. The van der Waals surface area contributed by atoms with E-state index in [1.807, 2.05) is 23.1 Å². The van der Waals surface area contributed by atoms with Crippen molar-refractivity contribution in [2.24, 2.45) is 5.41 Å². The largest absolute Gasteiger partial charge is 0.383 e. The SMILES string of the molecule is COCCN1C(=O)CC[C@]2(CNC(=O)C3(c4ccccc4)CC3)CCC[C@@H]12.